The first-order chi connectivity index (χ1) is 8.45. The number of aryl methyl sites for hydroxylation is 1. The zero-order valence-electron chi connectivity index (χ0n) is 10.2. The zero-order chi connectivity index (χ0) is 13.3. The van der Waals surface area contributed by atoms with Crippen molar-refractivity contribution in [2.45, 2.75) is 32.8 Å². The monoisotopic (exact) mass is 250 g/mol. The molecule has 0 aliphatic carbocycles. The molecule has 1 aromatic heterocycles. The fourth-order valence-electron chi connectivity index (χ4n) is 2.05. The minimum Gasteiger partial charge on any atom is -0.494 e. The number of carboxylic acids is 1. The summed E-state index contributed by atoms with van der Waals surface area (Å²) >= 11 is 0. The van der Waals surface area contributed by atoms with Crippen molar-refractivity contribution in [1.29, 1.82) is 0 Å². The third kappa shape index (κ3) is 2.61. The number of hydrogen-bond donors (Lipinski definition) is 1. The molecule has 0 amide bonds. The molecule has 2 heterocycles. The van der Waals surface area contributed by atoms with Gasteiger partial charge in [0.05, 0.1) is 5.76 Å². The van der Waals surface area contributed by atoms with Gasteiger partial charge in [-0.15, -0.1) is 0 Å². The Kier molecular flexibility index (Phi) is 3.23. The Hall–Kier alpha value is -2.04. The van der Waals surface area contributed by atoms with Gasteiger partial charge in [0, 0.05) is 24.5 Å². The van der Waals surface area contributed by atoms with E-state index in [9.17, 15) is 9.59 Å². The topological polar surface area (TPSA) is 76.7 Å². The highest BCUT2D eigenvalue weighted by Crippen LogP contribution is 2.21. The van der Waals surface area contributed by atoms with Crippen LogP contribution in [0.1, 0.15) is 35.2 Å². The Morgan fingerprint density at radius 3 is 2.78 bits per heavy atom. The molecule has 18 heavy (non-hydrogen) atoms. The first kappa shape index (κ1) is 12.4. The summed E-state index contributed by atoms with van der Waals surface area (Å²) in [5, 5.41) is 8.88. The first-order valence-electron chi connectivity index (χ1n) is 5.66. The molecule has 0 aromatic carbocycles. The van der Waals surface area contributed by atoms with Crippen LogP contribution < -0.4 is 0 Å². The molecule has 1 aliphatic rings. The quantitative estimate of drug-likeness (QED) is 0.888. The highest BCUT2D eigenvalue weighted by atomic mass is 16.5. The van der Waals surface area contributed by atoms with Crippen LogP contribution >= 0.6 is 0 Å². The van der Waals surface area contributed by atoms with Gasteiger partial charge < -0.3 is 14.3 Å². The number of carbonyl (C=O) groups excluding carboxylic acids is 1. The maximum Gasteiger partial charge on any atom is 0.372 e. The van der Waals surface area contributed by atoms with Crippen LogP contribution in [0.15, 0.2) is 22.3 Å². The Bertz CT molecular complexity index is 523. The Morgan fingerprint density at radius 1 is 1.50 bits per heavy atom. The summed E-state index contributed by atoms with van der Waals surface area (Å²) in [5.74, 6) is -0.0178. The minimum atomic E-state index is -1.09. The highest BCUT2D eigenvalue weighted by molar-refractivity contribution is 5.91. The average molecular weight is 250 g/mol. The molecule has 1 N–H and O–H groups in total. The number of hydrogen-bond acceptors (Lipinski definition) is 4. The van der Waals surface area contributed by atoms with E-state index in [1.807, 2.05) is 0 Å². The summed E-state index contributed by atoms with van der Waals surface area (Å²) in [5.41, 5.74) is 0.576. The molecule has 2 rings (SSSR count). The van der Waals surface area contributed by atoms with E-state index in [1.54, 1.807) is 19.9 Å². The van der Waals surface area contributed by atoms with Crippen LogP contribution in [0.2, 0.25) is 0 Å². The fraction of sp³-hybridized carbons (Fsp3) is 0.385. The van der Waals surface area contributed by atoms with E-state index in [2.05, 4.69) is 0 Å². The van der Waals surface area contributed by atoms with Crippen LogP contribution in [-0.4, -0.2) is 23.0 Å². The minimum absolute atomic E-state index is 0.0190. The molecule has 0 radical (unpaired) electrons. The van der Waals surface area contributed by atoms with Crippen molar-refractivity contribution < 1.29 is 23.8 Å². The van der Waals surface area contributed by atoms with Crippen LogP contribution in [0.3, 0.4) is 0 Å². The average Bonchev–Trinajstić information content (AvgIpc) is 2.57. The van der Waals surface area contributed by atoms with Crippen molar-refractivity contribution >= 4 is 11.8 Å². The third-order valence-electron chi connectivity index (χ3n) is 2.74. The SMILES string of the molecule is CC1=CC(=O)C[C@H](Cc2cc(C)c(C(=O)O)o2)O1. The lowest BCUT2D eigenvalue weighted by atomic mass is 10.1. The lowest BCUT2D eigenvalue weighted by molar-refractivity contribution is -0.118. The Labute approximate surface area is 104 Å². The van der Waals surface area contributed by atoms with Gasteiger partial charge >= 0.3 is 5.97 Å². The van der Waals surface area contributed by atoms with Crippen LogP contribution in [-0.2, 0) is 16.0 Å². The molecule has 0 bridgehead atoms. The number of carboxylic acid groups (broad SMARTS) is 1. The molecule has 0 unspecified atom stereocenters. The van der Waals surface area contributed by atoms with Crippen molar-refractivity contribution in [3.63, 3.8) is 0 Å². The van der Waals surface area contributed by atoms with E-state index >= 15 is 0 Å². The van der Waals surface area contributed by atoms with Crippen LogP contribution in [0.4, 0.5) is 0 Å². The van der Waals surface area contributed by atoms with E-state index in [1.165, 1.54) is 6.08 Å². The van der Waals surface area contributed by atoms with E-state index in [-0.39, 0.29) is 17.6 Å². The number of ether oxygens (including phenoxy) is 1. The molecule has 0 fully saturated rings. The summed E-state index contributed by atoms with van der Waals surface area (Å²) in [6, 6.07) is 1.67. The van der Waals surface area contributed by atoms with Gasteiger partial charge in [-0.2, -0.15) is 0 Å². The van der Waals surface area contributed by atoms with Crippen molar-refractivity contribution in [1.82, 2.24) is 0 Å². The van der Waals surface area contributed by atoms with Crippen molar-refractivity contribution in [2.75, 3.05) is 0 Å². The van der Waals surface area contributed by atoms with E-state index in [0.29, 0.717) is 29.9 Å². The number of allylic oxidation sites excluding steroid dienone is 2. The molecule has 5 heteroatoms. The summed E-state index contributed by atoms with van der Waals surface area (Å²) in [6.45, 7) is 3.40. The number of carbonyl (C=O) groups is 2. The van der Waals surface area contributed by atoms with Crippen LogP contribution in [0, 0.1) is 6.92 Å². The van der Waals surface area contributed by atoms with E-state index in [0.717, 1.165) is 0 Å². The largest absolute Gasteiger partial charge is 0.494 e. The second-order valence-electron chi connectivity index (χ2n) is 4.40. The Balaban J connectivity index is 2.11. The summed E-state index contributed by atoms with van der Waals surface area (Å²) < 4.78 is 10.7. The molecular weight excluding hydrogens is 236 g/mol. The molecule has 1 atom stereocenters. The predicted molar refractivity (Wildman–Crippen MR) is 62.4 cm³/mol. The van der Waals surface area contributed by atoms with Crippen molar-refractivity contribution in [3.05, 3.63) is 35.0 Å². The maximum atomic E-state index is 11.4. The molecule has 0 saturated heterocycles. The van der Waals surface area contributed by atoms with Crippen LogP contribution in [0.25, 0.3) is 0 Å². The highest BCUT2D eigenvalue weighted by Gasteiger charge is 2.23. The van der Waals surface area contributed by atoms with E-state index < -0.39 is 5.97 Å². The summed E-state index contributed by atoms with van der Waals surface area (Å²) in [4.78, 5) is 22.2. The smallest absolute Gasteiger partial charge is 0.372 e. The predicted octanol–water partition coefficient (Wildman–Crippen LogP) is 2.09. The zero-order valence-corrected chi connectivity index (χ0v) is 10.2. The van der Waals surface area contributed by atoms with E-state index in [4.69, 9.17) is 14.3 Å². The van der Waals surface area contributed by atoms with Gasteiger partial charge in [0.15, 0.2) is 5.78 Å². The number of furan rings is 1. The molecular formula is C13H14O5. The number of ketones is 1. The van der Waals surface area contributed by atoms with Gasteiger partial charge in [0.2, 0.25) is 5.76 Å². The lowest BCUT2D eigenvalue weighted by Gasteiger charge is -2.21. The normalized spacial score (nSPS) is 19.3. The van der Waals surface area contributed by atoms with Gasteiger partial charge in [-0.05, 0) is 19.9 Å². The van der Waals surface area contributed by atoms with Gasteiger partial charge in [-0.25, -0.2) is 4.79 Å². The maximum absolute atomic E-state index is 11.4. The van der Waals surface area contributed by atoms with Gasteiger partial charge in [0.1, 0.15) is 11.9 Å². The summed E-state index contributed by atoms with van der Waals surface area (Å²) in [6.07, 6.45) is 1.87. The van der Waals surface area contributed by atoms with Crippen molar-refractivity contribution in [3.8, 4) is 0 Å². The third-order valence-corrected chi connectivity index (χ3v) is 2.74. The fourth-order valence-corrected chi connectivity index (χ4v) is 2.05. The molecule has 96 valence electrons. The second kappa shape index (κ2) is 4.68. The van der Waals surface area contributed by atoms with Gasteiger partial charge in [-0.3, -0.25) is 4.79 Å². The molecule has 1 aromatic rings. The Morgan fingerprint density at radius 2 is 2.22 bits per heavy atom. The molecule has 0 spiro atoms. The second-order valence-corrected chi connectivity index (χ2v) is 4.40. The molecule has 1 aliphatic heterocycles. The number of rotatable bonds is 3. The summed E-state index contributed by atoms with van der Waals surface area (Å²) in [7, 11) is 0. The van der Waals surface area contributed by atoms with Crippen LogP contribution in [0.5, 0.6) is 0 Å². The van der Waals surface area contributed by atoms with Crippen molar-refractivity contribution in [2.24, 2.45) is 0 Å². The first-order valence-corrected chi connectivity index (χ1v) is 5.66. The van der Waals surface area contributed by atoms with Gasteiger partial charge in [0.25, 0.3) is 0 Å². The lowest BCUT2D eigenvalue weighted by Crippen LogP contribution is -2.23. The van der Waals surface area contributed by atoms with Gasteiger partial charge in [-0.1, -0.05) is 0 Å². The molecule has 0 saturated carbocycles. The number of aromatic carboxylic acids is 1. The molecule has 5 nitrogen and oxygen atoms in total. The standard InChI is InChI=1S/C13H14O5/c1-7-3-10(18-12(7)13(15)16)6-11-5-9(14)4-8(2)17-11/h3-4,11H,5-6H2,1-2H3,(H,15,16)/t11-/m1/s1.